The number of non-ortho nitro benzene ring substituents is 1. The van der Waals surface area contributed by atoms with Crippen molar-refractivity contribution in [1.82, 2.24) is 0 Å². The molecule has 0 saturated carbocycles. The second kappa shape index (κ2) is 6.46. The highest BCUT2D eigenvalue weighted by molar-refractivity contribution is 7.84. The average molecular weight is 256 g/mol. The summed E-state index contributed by atoms with van der Waals surface area (Å²) in [5.41, 5.74) is 6.33. The number of nitrogens with zero attached hydrogens (tertiary/aromatic N) is 1. The van der Waals surface area contributed by atoms with Gasteiger partial charge >= 0.3 is 0 Å². The summed E-state index contributed by atoms with van der Waals surface area (Å²) < 4.78 is 11.7. The molecule has 0 spiro atoms. The van der Waals surface area contributed by atoms with E-state index in [-0.39, 0.29) is 11.7 Å². The monoisotopic (exact) mass is 256 g/mol. The first-order valence-electron chi connectivity index (χ1n) is 5.33. The molecule has 1 aromatic rings. The predicted molar refractivity (Wildman–Crippen MR) is 68.1 cm³/mol. The van der Waals surface area contributed by atoms with Gasteiger partial charge in [-0.25, -0.2) is 0 Å². The van der Waals surface area contributed by atoms with Crippen LogP contribution in [0.2, 0.25) is 0 Å². The molecule has 1 aromatic carbocycles. The third-order valence-corrected chi connectivity index (χ3v) is 3.60. The Morgan fingerprint density at radius 1 is 1.53 bits per heavy atom. The van der Waals surface area contributed by atoms with Crippen LogP contribution in [-0.2, 0) is 16.6 Å². The largest absolute Gasteiger partial charge is 0.328 e. The van der Waals surface area contributed by atoms with E-state index < -0.39 is 15.7 Å². The van der Waals surface area contributed by atoms with Gasteiger partial charge in [-0.2, -0.15) is 0 Å². The van der Waals surface area contributed by atoms with E-state index in [1.807, 2.05) is 6.92 Å². The van der Waals surface area contributed by atoms with Gasteiger partial charge in [0.1, 0.15) is 0 Å². The van der Waals surface area contributed by atoms with Crippen molar-refractivity contribution < 1.29 is 9.13 Å². The van der Waals surface area contributed by atoms with E-state index >= 15 is 0 Å². The molecule has 0 radical (unpaired) electrons. The number of nitrogens with two attached hydrogens (primary N) is 1. The van der Waals surface area contributed by atoms with Crippen LogP contribution in [0, 0.1) is 10.1 Å². The van der Waals surface area contributed by atoms with Crippen LogP contribution < -0.4 is 5.73 Å². The SMILES string of the molecule is CC(N)CCS(=O)Cc1cccc([N+](=O)[O-])c1. The van der Waals surface area contributed by atoms with E-state index in [2.05, 4.69) is 0 Å². The van der Waals surface area contributed by atoms with Gasteiger partial charge in [0.05, 0.1) is 4.92 Å². The Morgan fingerprint density at radius 3 is 2.82 bits per heavy atom. The molecule has 0 saturated heterocycles. The topological polar surface area (TPSA) is 86.2 Å². The third kappa shape index (κ3) is 5.06. The number of nitro benzene ring substituents is 1. The van der Waals surface area contributed by atoms with E-state index in [1.54, 1.807) is 12.1 Å². The second-order valence-electron chi connectivity index (χ2n) is 3.98. The zero-order chi connectivity index (χ0) is 12.8. The average Bonchev–Trinajstić information content (AvgIpc) is 2.26. The predicted octanol–water partition coefficient (Wildman–Crippen LogP) is 1.58. The molecule has 6 heteroatoms. The summed E-state index contributed by atoms with van der Waals surface area (Å²) in [6.45, 7) is 1.87. The van der Waals surface area contributed by atoms with Gasteiger partial charge in [-0.05, 0) is 18.9 Å². The molecule has 0 amide bonds. The van der Waals surface area contributed by atoms with Crippen LogP contribution in [0.15, 0.2) is 24.3 Å². The summed E-state index contributed by atoms with van der Waals surface area (Å²) in [5.74, 6) is 0.870. The van der Waals surface area contributed by atoms with Crippen LogP contribution in [0.1, 0.15) is 18.9 Å². The van der Waals surface area contributed by atoms with Crippen molar-refractivity contribution in [3.8, 4) is 0 Å². The molecule has 2 N–H and O–H groups in total. The maximum atomic E-state index is 11.7. The van der Waals surface area contributed by atoms with Gasteiger partial charge in [0.2, 0.25) is 0 Å². The molecule has 2 unspecified atom stereocenters. The lowest BCUT2D eigenvalue weighted by Crippen LogP contribution is -2.18. The summed E-state index contributed by atoms with van der Waals surface area (Å²) in [7, 11) is -1.02. The summed E-state index contributed by atoms with van der Waals surface area (Å²) in [5, 5.41) is 10.6. The van der Waals surface area contributed by atoms with Crippen LogP contribution in [0.5, 0.6) is 0 Å². The van der Waals surface area contributed by atoms with Crippen molar-refractivity contribution in [3.63, 3.8) is 0 Å². The Hall–Kier alpha value is -1.27. The fraction of sp³-hybridized carbons (Fsp3) is 0.455. The maximum Gasteiger partial charge on any atom is 0.269 e. The molecule has 5 nitrogen and oxygen atoms in total. The Labute approximate surface area is 103 Å². The number of hydrogen-bond donors (Lipinski definition) is 1. The zero-order valence-electron chi connectivity index (χ0n) is 9.67. The van der Waals surface area contributed by atoms with Crippen LogP contribution in [-0.4, -0.2) is 20.9 Å². The maximum absolute atomic E-state index is 11.7. The van der Waals surface area contributed by atoms with E-state index in [9.17, 15) is 14.3 Å². The lowest BCUT2D eigenvalue weighted by atomic mass is 10.2. The standard InChI is InChI=1S/C11H16N2O3S/c1-9(12)5-6-17(16)8-10-3-2-4-11(7-10)13(14)15/h2-4,7,9H,5-6,8,12H2,1H3. The van der Waals surface area contributed by atoms with Gasteiger partial charge in [-0.1, -0.05) is 12.1 Å². The van der Waals surface area contributed by atoms with Crippen LogP contribution >= 0.6 is 0 Å². The molecule has 0 aromatic heterocycles. The molecule has 0 aliphatic carbocycles. The Kier molecular flexibility index (Phi) is 5.24. The number of rotatable bonds is 6. The van der Waals surface area contributed by atoms with Crippen LogP contribution in [0.25, 0.3) is 0 Å². The van der Waals surface area contributed by atoms with Crippen molar-refractivity contribution >= 4 is 16.5 Å². The van der Waals surface area contributed by atoms with Crippen molar-refractivity contribution in [1.29, 1.82) is 0 Å². The fourth-order valence-corrected chi connectivity index (χ4v) is 2.67. The Morgan fingerprint density at radius 2 is 2.24 bits per heavy atom. The van der Waals surface area contributed by atoms with Gasteiger partial charge in [-0.3, -0.25) is 14.3 Å². The molecule has 1 rings (SSSR count). The van der Waals surface area contributed by atoms with Crippen molar-refractivity contribution in [2.24, 2.45) is 5.73 Å². The minimum Gasteiger partial charge on any atom is -0.328 e. The summed E-state index contributed by atoms with van der Waals surface area (Å²) >= 11 is 0. The van der Waals surface area contributed by atoms with Gasteiger partial charge in [0.25, 0.3) is 5.69 Å². The van der Waals surface area contributed by atoms with Crippen LogP contribution in [0.3, 0.4) is 0 Å². The molecule has 17 heavy (non-hydrogen) atoms. The fourth-order valence-electron chi connectivity index (χ4n) is 1.34. The van der Waals surface area contributed by atoms with Gasteiger partial charge < -0.3 is 5.73 Å². The molecule has 0 fully saturated rings. The molecular formula is C11H16N2O3S. The summed E-state index contributed by atoms with van der Waals surface area (Å²) in [6.07, 6.45) is 0.696. The highest BCUT2D eigenvalue weighted by Gasteiger charge is 2.08. The molecule has 2 atom stereocenters. The molecule has 0 aliphatic rings. The van der Waals surface area contributed by atoms with Crippen LogP contribution in [0.4, 0.5) is 5.69 Å². The normalized spacial score (nSPS) is 14.2. The molecule has 0 aliphatic heterocycles. The summed E-state index contributed by atoms with van der Waals surface area (Å²) in [4.78, 5) is 10.1. The lowest BCUT2D eigenvalue weighted by Gasteiger charge is -2.05. The van der Waals surface area contributed by atoms with E-state index in [1.165, 1.54) is 12.1 Å². The quantitative estimate of drug-likeness (QED) is 0.618. The minimum absolute atomic E-state index is 0.0315. The smallest absolute Gasteiger partial charge is 0.269 e. The Bertz CT molecular complexity index is 421. The van der Waals surface area contributed by atoms with E-state index in [0.717, 1.165) is 5.56 Å². The first-order chi connectivity index (χ1) is 7.99. The summed E-state index contributed by atoms with van der Waals surface area (Å²) in [6, 6.07) is 6.27. The number of nitro groups is 1. The second-order valence-corrected chi connectivity index (χ2v) is 5.56. The number of hydrogen-bond acceptors (Lipinski definition) is 4. The van der Waals surface area contributed by atoms with Gasteiger partial charge in [-0.15, -0.1) is 0 Å². The first-order valence-corrected chi connectivity index (χ1v) is 6.81. The lowest BCUT2D eigenvalue weighted by molar-refractivity contribution is -0.384. The Balaban J connectivity index is 2.59. The highest BCUT2D eigenvalue weighted by Crippen LogP contribution is 2.14. The minimum atomic E-state index is -1.02. The molecule has 0 heterocycles. The van der Waals surface area contributed by atoms with Crippen molar-refractivity contribution in [2.45, 2.75) is 25.1 Å². The van der Waals surface area contributed by atoms with Crippen molar-refractivity contribution in [2.75, 3.05) is 5.75 Å². The molecule has 0 bridgehead atoms. The van der Waals surface area contributed by atoms with E-state index in [0.29, 0.717) is 17.9 Å². The first kappa shape index (κ1) is 13.8. The third-order valence-electron chi connectivity index (χ3n) is 2.25. The van der Waals surface area contributed by atoms with Crippen molar-refractivity contribution in [3.05, 3.63) is 39.9 Å². The van der Waals surface area contributed by atoms with Gasteiger partial charge in [0, 0.05) is 40.5 Å². The highest BCUT2D eigenvalue weighted by atomic mass is 32.2. The molecular weight excluding hydrogens is 240 g/mol. The van der Waals surface area contributed by atoms with E-state index in [4.69, 9.17) is 5.73 Å². The van der Waals surface area contributed by atoms with Gasteiger partial charge in [0.15, 0.2) is 0 Å². The number of benzene rings is 1. The molecule has 94 valence electrons. The zero-order valence-corrected chi connectivity index (χ0v) is 10.5.